The zero-order valence-electron chi connectivity index (χ0n) is 6.86. The van der Waals surface area contributed by atoms with Crippen LogP contribution >= 0.6 is 15.9 Å². The molecule has 1 saturated heterocycles. The van der Waals surface area contributed by atoms with Crippen LogP contribution in [0.3, 0.4) is 0 Å². The summed E-state index contributed by atoms with van der Waals surface area (Å²) in [6.07, 6.45) is 0.345. The van der Waals surface area contributed by atoms with Gasteiger partial charge in [0.15, 0.2) is 0 Å². The van der Waals surface area contributed by atoms with Crippen LogP contribution in [0, 0.1) is 0 Å². The summed E-state index contributed by atoms with van der Waals surface area (Å²) in [5.74, 6) is 0. The largest absolute Gasteiger partial charge is 0.374 e. The molecule has 1 unspecified atom stereocenters. The van der Waals surface area contributed by atoms with E-state index in [1.807, 2.05) is 0 Å². The van der Waals surface area contributed by atoms with Gasteiger partial charge in [-0.1, -0.05) is 15.9 Å². The molecule has 72 valence electrons. The van der Waals surface area contributed by atoms with E-state index in [1.165, 1.54) is 0 Å². The fraction of sp³-hybridized carbons (Fsp3) is 1.00. The fourth-order valence-corrected chi connectivity index (χ4v) is 2.18. The van der Waals surface area contributed by atoms with Crippen LogP contribution < -0.4 is 0 Å². The Hall–Kier alpha value is 0.300. The number of hydrogen-bond donors (Lipinski definition) is 0. The molecule has 1 fully saturated rings. The Balaban J connectivity index is 2.48. The van der Waals surface area contributed by atoms with Crippen LogP contribution in [0.5, 0.6) is 0 Å². The highest BCUT2D eigenvalue weighted by molar-refractivity contribution is 9.09. The van der Waals surface area contributed by atoms with Crippen LogP contribution in [0.4, 0.5) is 8.78 Å². The standard InChI is InChI=1S/C8H13BrF2O/c9-6-8(5-7(10)11)3-1-2-4-12-8/h7H,1-6H2. The Bertz CT molecular complexity index is 135. The Morgan fingerprint density at radius 1 is 1.42 bits per heavy atom. The van der Waals surface area contributed by atoms with E-state index in [1.54, 1.807) is 0 Å². The monoisotopic (exact) mass is 242 g/mol. The maximum Gasteiger partial charge on any atom is 0.241 e. The molecule has 0 spiro atoms. The molecule has 0 N–H and O–H groups in total. The van der Waals surface area contributed by atoms with Crippen molar-refractivity contribution in [2.75, 3.05) is 11.9 Å². The Labute approximate surface area is 79.6 Å². The maximum absolute atomic E-state index is 12.2. The summed E-state index contributed by atoms with van der Waals surface area (Å²) in [5, 5.41) is 0.518. The smallest absolute Gasteiger partial charge is 0.241 e. The zero-order valence-corrected chi connectivity index (χ0v) is 8.45. The van der Waals surface area contributed by atoms with Gasteiger partial charge in [-0.05, 0) is 19.3 Å². The summed E-state index contributed by atoms with van der Waals surface area (Å²) in [5.41, 5.74) is -0.591. The van der Waals surface area contributed by atoms with Crippen LogP contribution in [0.2, 0.25) is 0 Å². The SMILES string of the molecule is FC(F)CC1(CBr)CCCCO1. The van der Waals surface area contributed by atoms with E-state index >= 15 is 0 Å². The Morgan fingerprint density at radius 2 is 2.17 bits per heavy atom. The molecule has 0 aromatic heterocycles. The van der Waals surface area contributed by atoms with E-state index in [4.69, 9.17) is 4.74 Å². The Morgan fingerprint density at radius 3 is 2.58 bits per heavy atom. The molecule has 1 atom stereocenters. The van der Waals surface area contributed by atoms with E-state index in [0.717, 1.165) is 19.3 Å². The molecule has 1 rings (SSSR count). The number of halogens is 3. The maximum atomic E-state index is 12.2. The summed E-state index contributed by atoms with van der Waals surface area (Å²) in [4.78, 5) is 0. The van der Waals surface area contributed by atoms with Gasteiger partial charge in [0, 0.05) is 18.4 Å². The van der Waals surface area contributed by atoms with Crippen LogP contribution in [0.25, 0.3) is 0 Å². The van der Waals surface area contributed by atoms with Gasteiger partial charge in [-0.15, -0.1) is 0 Å². The molecule has 1 nitrogen and oxygen atoms in total. The highest BCUT2D eigenvalue weighted by Crippen LogP contribution is 2.32. The van der Waals surface area contributed by atoms with Gasteiger partial charge in [0.25, 0.3) is 0 Å². The molecule has 1 aliphatic heterocycles. The second-order valence-corrected chi connectivity index (χ2v) is 3.78. The van der Waals surface area contributed by atoms with E-state index in [9.17, 15) is 8.78 Å². The molecule has 0 aromatic rings. The van der Waals surface area contributed by atoms with E-state index in [-0.39, 0.29) is 6.42 Å². The third-order valence-electron chi connectivity index (χ3n) is 2.20. The molecule has 12 heavy (non-hydrogen) atoms. The number of hydrogen-bond acceptors (Lipinski definition) is 1. The average molecular weight is 243 g/mol. The van der Waals surface area contributed by atoms with Crippen LogP contribution in [-0.4, -0.2) is 24.0 Å². The first kappa shape index (κ1) is 10.4. The molecule has 0 radical (unpaired) electrons. The molecule has 0 aliphatic carbocycles. The molecule has 0 bridgehead atoms. The molecule has 4 heteroatoms. The molecule has 0 amide bonds. The predicted octanol–water partition coefficient (Wildman–Crippen LogP) is 2.98. The lowest BCUT2D eigenvalue weighted by Crippen LogP contribution is -2.39. The van der Waals surface area contributed by atoms with Crippen molar-refractivity contribution in [1.29, 1.82) is 0 Å². The number of alkyl halides is 3. The fourth-order valence-electron chi connectivity index (χ4n) is 1.51. The van der Waals surface area contributed by atoms with Gasteiger partial charge in [-0.25, -0.2) is 8.78 Å². The van der Waals surface area contributed by atoms with Gasteiger partial charge < -0.3 is 4.74 Å². The van der Waals surface area contributed by atoms with Gasteiger partial charge in [0.2, 0.25) is 6.43 Å². The van der Waals surface area contributed by atoms with Crippen LogP contribution in [0.15, 0.2) is 0 Å². The summed E-state index contributed by atoms with van der Waals surface area (Å²) in [6, 6.07) is 0. The number of ether oxygens (including phenoxy) is 1. The lowest BCUT2D eigenvalue weighted by molar-refractivity contribution is -0.0913. The molecule has 1 aliphatic rings. The Kier molecular flexibility index (Phi) is 3.90. The predicted molar refractivity (Wildman–Crippen MR) is 46.9 cm³/mol. The quantitative estimate of drug-likeness (QED) is 0.692. The molecule has 1 heterocycles. The zero-order chi connectivity index (χ0) is 9.03. The number of rotatable bonds is 3. The second kappa shape index (κ2) is 4.51. The van der Waals surface area contributed by atoms with E-state index in [2.05, 4.69) is 15.9 Å². The summed E-state index contributed by atoms with van der Waals surface area (Å²) in [6.45, 7) is 0.623. The lowest BCUT2D eigenvalue weighted by atomic mass is 9.93. The first-order valence-electron chi connectivity index (χ1n) is 4.17. The molecule has 0 aromatic carbocycles. The highest BCUT2D eigenvalue weighted by Gasteiger charge is 2.35. The minimum absolute atomic E-state index is 0.141. The van der Waals surface area contributed by atoms with Crippen molar-refractivity contribution in [3.8, 4) is 0 Å². The van der Waals surface area contributed by atoms with Gasteiger partial charge in [-0.3, -0.25) is 0 Å². The summed E-state index contributed by atoms with van der Waals surface area (Å²) < 4.78 is 29.7. The second-order valence-electron chi connectivity index (χ2n) is 3.22. The first-order valence-corrected chi connectivity index (χ1v) is 5.29. The van der Waals surface area contributed by atoms with Crippen molar-refractivity contribution in [2.24, 2.45) is 0 Å². The minimum Gasteiger partial charge on any atom is -0.374 e. The highest BCUT2D eigenvalue weighted by atomic mass is 79.9. The van der Waals surface area contributed by atoms with E-state index < -0.39 is 12.0 Å². The van der Waals surface area contributed by atoms with Crippen LogP contribution in [-0.2, 0) is 4.74 Å². The molecular weight excluding hydrogens is 230 g/mol. The minimum atomic E-state index is -2.26. The normalized spacial score (nSPS) is 31.0. The van der Waals surface area contributed by atoms with Crippen molar-refractivity contribution in [2.45, 2.75) is 37.7 Å². The molecular formula is C8H13BrF2O. The topological polar surface area (TPSA) is 9.23 Å². The first-order chi connectivity index (χ1) is 5.68. The van der Waals surface area contributed by atoms with E-state index in [0.29, 0.717) is 11.9 Å². The van der Waals surface area contributed by atoms with Gasteiger partial charge in [0.05, 0.1) is 5.60 Å². The third-order valence-corrected chi connectivity index (χ3v) is 3.23. The lowest BCUT2D eigenvalue weighted by Gasteiger charge is -2.35. The van der Waals surface area contributed by atoms with Crippen molar-refractivity contribution >= 4 is 15.9 Å². The average Bonchev–Trinajstić information content (AvgIpc) is 2.05. The van der Waals surface area contributed by atoms with Crippen LogP contribution in [0.1, 0.15) is 25.7 Å². The molecule has 0 saturated carbocycles. The van der Waals surface area contributed by atoms with Crippen molar-refractivity contribution in [3.63, 3.8) is 0 Å². The van der Waals surface area contributed by atoms with Gasteiger partial charge in [0.1, 0.15) is 0 Å². The van der Waals surface area contributed by atoms with Gasteiger partial charge in [-0.2, -0.15) is 0 Å². The third kappa shape index (κ3) is 2.66. The van der Waals surface area contributed by atoms with Crippen molar-refractivity contribution in [1.82, 2.24) is 0 Å². The van der Waals surface area contributed by atoms with Gasteiger partial charge >= 0.3 is 0 Å². The van der Waals surface area contributed by atoms with Crippen molar-refractivity contribution < 1.29 is 13.5 Å². The summed E-state index contributed by atoms with van der Waals surface area (Å²) in [7, 11) is 0. The summed E-state index contributed by atoms with van der Waals surface area (Å²) >= 11 is 3.24. The van der Waals surface area contributed by atoms with Crippen molar-refractivity contribution in [3.05, 3.63) is 0 Å².